The molecular weight excluding hydrogens is 256 g/mol. The lowest BCUT2D eigenvalue weighted by Crippen LogP contribution is -2.44. The Balaban J connectivity index is 2.05. The first-order chi connectivity index (χ1) is 9.65. The van der Waals surface area contributed by atoms with Crippen LogP contribution in [0.1, 0.15) is 0 Å². The predicted molar refractivity (Wildman–Crippen MR) is 78.1 cm³/mol. The van der Waals surface area contributed by atoms with Gasteiger partial charge in [0.25, 0.3) is 5.69 Å². The third-order valence-electron chi connectivity index (χ3n) is 3.76. The number of nitro benzene ring substituents is 1. The highest BCUT2D eigenvalue weighted by Gasteiger charge is 2.17. The molecule has 0 amide bonds. The fraction of sp³-hybridized carbons (Fsp3) is 0.357. The van der Waals surface area contributed by atoms with Crippen LogP contribution in [0.3, 0.4) is 0 Å². The molecule has 1 fully saturated rings. The van der Waals surface area contributed by atoms with Crippen LogP contribution < -0.4 is 4.90 Å². The second-order valence-electron chi connectivity index (χ2n) is 5.08. The fourth-order valence-electron chi connectivity index (χ4n) is 2.56. The quantitative estimate of drug-likeness (QED) is 0.617. The topological polar surface area (TPSA) is 62.5 Å². The van der Waals surface area contributed by atoms with E-state index < -0.39 is 0 Å². The lowest BCUT2D eigenvalue weighted by atomic mass is 10.1. The minimum atomic E-state index is -0.361. The zero-order valence-electron chi connectivity index (χ0n) is 11.3. The third kappa shape index (κ3) is 2.30. The maximum absolute atomic E-state index is 10.9. The van der Waals surface area contributed by atoms with Gasteiger partial charge in [0.1, 0.15) is 0 Å². The summed E-state index contributed by atoms with van der Waals surface area (Å²) >= 11 is 0. The second-order valence-corrected chi connectivity index (χ2v) is 5.08. The van der Waals surface area contributed by atoms with Crippen LogP contribution in [-0.2, 0) is 0 Å². The molecule has 2 heterocycles. The number of rotatable bonds is 2. The Labute approximate surface area is 116 Å². The highest BCUT2D eigenvalue weighted by molar-refractivity contribution is 5.93. The number of benzene rings is 1. The Hall–Kier alpha value is -2.21. The number of non-ortho nitro benzene ring substituents is 1. The van der Waals surface area contributed by atoms with E-state index in [4.69, 9.17) is 0 Å². The molecule has 0 N–H and O–H groups in total. The number of hydrogen-bond donors (Lipinski definition) is 0. The van der Waals surface area contributed by atoms with Gasteiger partial charge in [-0.05, 0) is 19.2 Å². The predicted octanol–water partition coefficient (Wildman–Crippen LogP) is 1.89. The Morgan fingerprint density at radius 2 is 1.95 bits per heavy atom. The van der Waals surface area contributed by atoms with E-state index in [-0.39, 0.29) is 10.6 Å². The SMILES string of the molecule is CN1CCN(c2ccnc3ccc([N+](=O)[O-])cc23)CC1. The van der Waals surface area contributed by atoms with Crippen LogP contribution in [0, 0.1) is 10.1 Å². The van der Waals surface area contributed by atoms with Gasteiger partial charge in [0.2, 0.25) is 0 Å². The zero-order chi connectivity index (χ0) is 14.1. The van der Waals surface area contributed by atoms with Crippen molar-refractivity contribution in [3.8, 4) is 0 Å². The molecule has 1 aliphatic heterocycles. The van der Waals surface area contributed by atoms with E-state index in [1.807, 2.05) is 6.07 Å². The van der Waals surface area contributed by atoms with Gasteiger partial charge >= 0.3 is 0 Å². The van der Waals surface area contributed by atoms with E-state index in [1.54, 1.807) is 18.3 Å². The largest absolute Gasteiger partial charge is 0.368 e. The van der Waals surface area contributed by atoms with Gasteiger partial charge in [-0.25, -0.2) is 0 Å². The molecule has 0 aliphatic carbocycles. The summed E-state index contributed by atoms with van der Waals surface area (Å²) in [5, 5.41) is 11.8. The van der Waals surface area contributed by atoms with Gasteiger partial charge in [-0.15, -0.1) is 0 Å². The number of anilines is 1. The molecular formula is C14H16N4O2. The number of nitrogens with zero attached hydrogens (tertiary/aromatic N) is 4. The van der Waals surface area contributed by atoms with Gasteiger partial charge < -0.3 is 9.80 Å². The summed E-state index contributed by atoms with van der Waals surface area (Å²) in [6.07, 6.45) is 1.77. The third-order valence-corrected chi connectivity index (χ3v) is 3.76. The molecule has 1 saturated heterocycles. The minimum Gasteiger partial charge on any atom is -0.368 e. The number of hydrogen-bond acceptors (Lipinski definition) is 5. The number of aromatic nitrogens is 1. The molecule has 0 saturated carbocycles. The van der Waals surface area contributed by atoms with E-state index in [9.17, 15) is 10.1 Å². The number of nitro groups is 1. The molecule has 3 rings (SSSR count). The van der Waals surface area contributed by atoms with Crippen LogP contribution in [0.25, 0.3) is 10.9 Å². The highest BCUT2D eigenvalue weighted by atomic mass is 16.6. The summed E-state index contributed by atoms with van der Waals surface area (Å²) in [7, 11) is 2.10. The van der Waals surface area contributed by atoms with Gasteiger partial charge in [0.15, 0.2) is 0 Å². The van der Waals surface area contributed by atoms with Gasteiger partial charge in [-0.1, -0.05) is 0 Å². The lowest BCUT2D eigenvalue weighted by molar-refractivity contribution is -0.384. The van der Waals surface area contributed by atoms with Crippen LogP contribution in [0.15, 0.2) is 30.5 Å². The normalized spacial score (nSPS) is 16.6. The summed E-state index contributed by atoms with van der Waals surface area (Å²) in [5.74, 6) is 0. The molecule has 20 heavy (non-hydrogen) atoms. The van der Waals surface area contributed by atoms with Crippen molar-refractivity contribution in [2.75, 3.05) is 38.1 Å². The van der Waals surface area contributed by atoms with E-state index >= 15 is 0 Å². The van der Waals surface area contributed by atoms with Gasteiger partial charge in [-0.3, -0.25) is 15.1 Å². The smallest absolute Gasteiger partial charge is 0.270 e. The maximum atomic E-state index is 10.9. The van der Waals surface area contributed by atoms with Crippen LogP contribution >= 0.6 is 0 Å². The van der Waals surface area contributed by atoms with Crippen molar-refractivity contribution in [3.05, 3.63) is 40.6 Å². The fourth-order valence-corrected chi connectivity index (χ4v) is 2.56. The Morgan fingerprint density at radius 1 is 1.20 bits per heavy atom. The summed E-state index contributed by atoms with van der Waals surface area (Å²) in [6, 6.07) is 6.78. The summed E-state index contributed by atoms with van der Waals surface area (Å²) in [4.78, 5) is 19.4. The summed E-state index contributed by atoms with van der Waals surface area (Å²) < 4.78 is 0. The average molecular weight is 272 g/mol. The van der Waals surface area contributed by atoms with Gasteiger partial charge in [0, 0.05) is 55.6 Å². The Bertz CT molecular complexity index is 651. The number of pyridine rings is 1. The molecule has 2 aromatic rings. The molecule has 0 spiro atoms. The van der Waals surface area contributed by atoms with Crippen LogP contribution in [-0.4, -0.2) is 48.0 Å². The first-order valence-corrected chi connectivity index (χ1v) is 6.62. The van der Waals surface area contributed by atoms with Crippen molar-refractivity contribution in [2.24, 2.45) is 0 Å². The first kappa shape index (κ1) is 12.8. The molecule has 0 unspecified atom stereocenters. The average Bonchev–Trinajstić information content (AvgIpc) is 2.47. The van der Waals surface area contributed by atoms with Crippen molar-refractivity contribution in [1.82, 2.24) is 9.88 Å². The standard InChI is InChI=1S/C14H16N4O2/c1-16-6-8-17(9-7-16)14-4-5-15-13-3-2-11(18(19)20)10-12(13)14/h2-5,10H,6-9H2,1H3. The lowest BCUT2D eigenvalue weighted by Gasteiger charge is -2.34. The van der Waals surface area contributed by atoms with Crippen molar-refractivity contribution >= 4 is 22.3 Å². The summed E-state index contributed by atoms with van der Waals surface area (Å²) in [6.45, 7) is 3.86. The van der Waals surface area contributed by atoms with E-state index in [0.29, 0.717) is 0 Å². The van der Waals surface area contributed by atoms with E-state index in [1.165, 1.54) is 6.07 Å². The van der Waals surface area contributed by atoms with Crippen molar-refractivity contribution in [2.45, 2.75) is 0 Å². The van der Waals surface area contributed by atoms with Crippen LogP contribution in [0.2, 0.25) is 0 Å². The molecule has 0 radical (unpaired) electrons. The van der Waals surface area contributed by atoms with Crippen molar-refractivity contribution in [1.29, 1.82) is 0 Å². The van der Waals surface area contributed by atoms with Crippen molar-refractivity contribution in [3.63, 3.8) is 0 Å². The molecule has 6 heteroatoms. The Kier molecular flexibility index (Phi) is 3.23. The van der Waals surface area contributed by atoms with Gasteiger partial charge in [-0.2, -0.15) is 0 Å². The van der Waals surface area contributed by atoms with Crippen LogP contribution in [0.5, 0.6) is 0 Å². The summed E-state index contributed by atoms with van der Waals surface area (Å²) in [5.41, 5.74) is 1.94. The van der Waals surface area contributed by atoms with E-state index in [2.05, 4.69) is 21.8 Å². The number of likely N-dealkylation sites (N-methyl/N-ethyl adjacent to an activating group) is 1. The van der Waals surface area contributed by atoms with E-state index in [0.717, 1.165) is 42.8 Å². The number of piperazine rings is 1. The second kappa shape index (κ2) is 5.05. The molecule has 1 aromatic carbocycles. The monoisotopic (exact) mass is 272 g/mol. The van der Waals surface area contributed by atoms with Gasteiger partial charge in [0.05, 0.1) is 10.4 Å². The molecule has 6 nitrogen and oxygen atoms in total. The zero-order valence-corrected chi connectivity index (χ0v) is 11.3. The molecule has 0 bridgehead atoms. The molecule has 0 atom stereocenters. The Morgan fingerprint density at radius 3 is 2.65 bits per heavy atom. The molecule has 1 aliphatic rings. The number of fused-ring (bicyclic) bond motifs is 1. The van der Waals surface area contributed by atoms with Crippen LogP contribution in [0.4, 0.5) is 11.4 Å². The highest BCUT2D eigenvalue weighted by Crippen LogP contribution is 2.29. The van der Waals surface area contributed by atoms with Crippen molar-refractivity contribution < 1.29 is 4.92 Å². The minimum absolute atomic E-state index is 0.112. The first-order valence-electron chi connectivity index (χ1n) is 6.62. The molecule has 104 valence electrons. The molecule has 1 aromatic heterocycles. The maximum Gasteiger partial charge on any atom is 0.270 e.